The van der Waals surface area contributed by atoms with Crippen LogP contribution in [0.3, 0.4) is 0 Å². The molecule has 1 aliphatic rings. The molecule has 148 valence electrons. The highest BCUT2D eigenvalue weighted by molar-refractivity contribution is 5.91. The van der Waals surface area contributed by atoms with Crippen molar-refractivity contribution in [3.05, 3.63) is 30.4 Å². The number of imidazole rings is 1. The number of aryl methyl sites for hydroxylation is 1. The number of benzene rings is 1. The zero-order valence-corrected chi connectivity index (χ0v) is 16.6. The Morgan fingerprint density at radius 1 is 1.18 bits per heavy atom. The van der Waals surface area contributed by atoms with Gasteiger partial charge in [-0.1, -0.05) is 0 Å². The van der Waals surface area contributed by atoms with Gasteiger partial charge in [0.2, 0.25) is 5.95 Å². The Bertz CT molecular complexity index is 986. The molecule has 8 heteroatoms. The topological polar surface area (TPSA) is 91.3 Å². The van der Waals surface area contributed by atoms with Gasteiger partial charge in [-0.3, -0.25) is 0 Å². The van der Waals surface area contributed by atoms with Gasteiger partial charge in [0.15, 0.2) is 11.5 Å². The molecular weight excluding hydrogens is 356 g/mol. The van der Waals surface area contributed by atoms with Crippen LogP contribution in [-0.2, 0) is 6.54 Å². The van der Waals surface area contributed by atoms with E-state index in [-0.39, 0.29) is 0 Å². The Morgan fingerprint density at radius 3 is 2.71 bits per heavy atom. The lowest BCUT2D eigenvalue weighted by Gasteiger charge is -2.32. The van der Waals surface area contributed by atoms with E-state index < -0.39 is 0 Å². The Kier molecular flexibility index (Phi) is 4.93. The largest absolute Gasteiger partial charge is 0.493 e. The normalized spacial score (nSPS) is 17.1. The number of nitrogens with zero attached hydrogens (tertiary/aromatic N) is 5. The maximum Gasteiger partial charge on any atom is 0.227 e. The molecule has 28 heavy (non-hydrogen) atoms. The number of rotatable bonds is 5. The molecule has 0 unspecified atom stereocenters. The number of methoxy groups -OCH3 is 2. The van der Waals surface area contributed by atoms with E-state index in [1.165, 1.54) is 0 Å². The minimum atomic E-state index is 0.356. The summed E-state index contributed by atoms with van der Waals surface area (Å²) in [5, 5.41) is 0.761. The Balaban J connectivity index is 1.68. The van der Waals surface area contributed by atoms with Gasteiger partial charge in [0, 0.05) is 49.4 Å². The van der Waals surface area contributed by atoms with Crippen molar-refractivity contribution >= 4 is 22.7 Å². The molecule has 1 aromatic carbocycles. The van der Waals surface area contributed by atoms with Gasteiger partial charge in [0.25, 0.3) is 0 Å². The van der Waals surface area contributed by atoms with Crippen LogP contribution in [0, 0.1) is 0 Å². The standard InChI is InChI=1S/C20H26N6O2/c1-4-25-9-7-22-19(25)13-6-5-8-26(12-13)20-23-15-11-17(28-3)16(27-2)10-14(15)18(21)24-20/h7,9-11,13H,4-6,8,12H2,1-3H3,(H2,21,23,24)/t13-/m1/s1. The van der Waals surface area contributed by atoms with Gasteiger partial charge < -0.3 is 24.7 Å². The van der Waals surface area contributed by atoms with Gasteiger partial charge in [-0.05, 0) is 25.8 Å². The fraction of sp³-hybridized carbons (Fsp3) is 0.450. The first kappa shape index (κ1) is 18.3. The molecule has 3 aromatic rings. The van der Waals surface area contributed by atoms with Crippen molar-refractivity contribution < 1.29 is 9.47 Å². The van der Waals surface area contributed by atoms with Gasteiger partial charge in [-0.25, -0.2) is 9.97 Å². The highest BCUT2D eigenvalue weighted by Crippen LogP contribution is 2.35. The number of nitrogen functional groups attached to an aromatic ring is 1. The zero-order chi connectivity index (χ0) is 19.7. The maximum atomic E-state index is 6.26. The number of aromatic nitrogens is 4. The highest BCUT2D eigenvalue weighted by Gasteiger charge is 2.26. The van der Waals surface area contributed by atoms with E-state index >= 15 is 0 Å². The SMILES string of the molecule is CCn1ccnc1[C@@H]1CCCN(c2nc(N)c3cc(OC)c(OC)cc3n2)C1. The number of hydrogen-bond acceptors (Lipinski definition) is 7. The molecule has 0 aliphatic carbocycles. The Morgan fingerprint density at radius 2 is 1.96 bits per heavy atom. The van der Waals surface area contributed by atoms with Crippen LogP contribution < -0.4 is 20.1 Å². The molecule has 1 aliphatic heterocycles. The average molecular weight is 382 g/mol. The second-order valence-electron chi connectivity index (χ2n) is 6.99. The van der Waals surface area contributed by atoms with Crippen molar-refractivity contribution in [1.29, 1.82) is 0 Å². The van der Waals surface area contributed by atoms with Crippen molar-refractivity contribution in [3.63, 3.8) is 0 Å². The summed E-state index contributed by atoms with van der Waals surface area (Å²) in [6, 6.07) is 3.67. The van der Waals surface area contributed by atoms with Crippen molar-refractivity contribution in [1.82, 2.24) is 19.5 Å². The molecule has 1 fully saturated rings. The van der Waals surface area contributed by atoms with E-state index in [4.69, 9.17) is 20.2 Å². The lowest BCUT2D eigenvalue weighted by Crippen LogP contribution is -2.36. The van der Waals surface area contributed by atoms with Crippen LogP contribution >= 0.6 is 0 Å². The smallest absolute Gasteiger partial charge is 0.227 e. The number of fused-ring (bicyclic) bond motifs is 1. The zero-order valence-electron chi connectivity index (χ0n) is 16.6. The van der Waals surface area contributed by atoms with E-state index in [0.717, 1.165) is 49.2 Å². The first-order valence-electron chi connectivity index (χ1n) is 9.59. The molecule has 8 nitrogen and oxygen atoms in total. The van der Waals surface area contributed by atoms with Crippen molar-refractivity contribution in [3.8, 4) is 11.5 Å². The molecule has 0 bridgehead atoms. The molecule has 0 saturated carbocycles. The van der Waals surface area contributed by atoms with E-state index in [9.17, 15) is 0 Å². The Hall–Kier alpha value is -3.03. The van der Waals surface area contributed by atoms with Gasteiger partial charge in [-0.2, -0.15) is 4.98 Å². The first-order chi connectivity index (χ1) is 13.6. The molecule has 1 atom stereocenters. The van der Waals surface area contributed by atoms with E-state index in [0.29, 0.717) is 29.2 Å². The fourth-order valence-corrected chi connectivity index (χ4v) is 3.93. The lowest BCUT2D eigenvalue weighted by molar-refractivity contribution is 0.356. The summed E-state index contributed by atoms with van der Waals surface area (Å²) in [5.74, 6) is 3.82. The van der Waals surface area contributed by atoms with Gasteiger partial charge in [0.05, 0.1) is 19.7 Å². The summed E-state index contributed by atoms with van der Waals surface area (Å²) in [6.45, 7) is 4.80. The van der Waals surface area contributed by atoms with Crippen LogP contribution in [0.4, 0.5) is 11.8 Å². The summed E-state index contributed by atoms with van der Waals surface area (Å²) in [5.41, 5.74) is 7.01. The molecular formula is C20H26N6O2. The van der Waals surface area contributed by atoms with Crippen molar-refractivity contribution in [2.75, 3.05) is 37.9 Å². The predicted molar refractivity (Wildman–Crippen MR) is 109 cm³/mol. The summed E-state index contributed by atoms with van der Waals surface area (Å²) >= 11 is 0. The molecule has 2 aromatic heterocycles. The number of anilines is 2. The number of ether oxygens (including phenoxy) is 2. The van der Waals surface area contributed by atoms with Crippen LogP contribution in [0.5, 0.6) is 11.5 Å². The first-order valence-corrected chi connectivity index (χ1v) is 9.59. The summed E-state index contributed by atoms with van der Waals surface area (Å²) in [6.07, 6.45) is 6.09. The molecule has 2 N–H and O–H groups in total. The highest BCUT2D eigenvalue weighted by atomic mass is 16.5. The van der Waals surface area contributed by atoms with Crippen LogP contribution in [0.1, 0.15) is 31.5 Å². The van der Waals surface area contributed by atoms with Crippen molar-refractivity contribution in [2.24, 2.45) is 0 Å². The minimum Gasteiger partial charge on any atom is -0.493 e. The third-order valence-corrected chi connectivity index (χ3v) is 5.38. The van der Waals surface area contributed by atoms with Crippen LogP contribution in [0.25, 0.3) is 10.9 Å². The van der Waals surface area contributed by atoms with Crippen LogP contribution in [0.15, 0.2) is 24.5 Å². The summed E-state index contributed by atoms with van der Waals surface area (Å²) < 4.78 is 13.0. The second kappa shape index (κ2) is 7.53. The Labute approximate surface area is 164 Å². The van der Waals surface area contributed by atoms with Gasteiger partial charge in [-0.15, -0.1) is 0 Å². The summed E-state index contributed by atoms with van der Waals surface area (Å²) in [4.78, 5) is 16.1. The van der Waals surface area contributed by atoms with Crippen LogP contribution in [0.2, 0.25) is 0 Å². The van der Waals surface area contributed by atoms with Crippen LogP contribution in [-0.4, -0.2) is 46.8 Å². The fourth-order valence-electron chi connectivity index (χ4n) is 3.93. The molecule has 0 amide bonds. The maximum absolute atomic E-state index is 6.26. The monoisotopic (exact) mass is 382 g/mol. The van der Waals surface area contributed by atoms with E-state index in [2.05, 4.69) is 26.4 Å². The van der Waals surface area contributed by atoms with Gasteiger partial charge >= 0.3 is 0 Å². The lowest BCUT2D eigenvalue weighted by atomic mass is 9.97. The van der Waals surface area contributed by atoms with Crippen molar-refractivity contribution in [2.45, 2.75) is 32.2 Å². The van der Waals surface area contributed by atoms with E-state index in [1.54, 1.807) is 14.2 Å². The molecule has 3 heterocycles. The quantitative estimate of drug-likeness (QED) is 0.725. The van der Waals surface area contributed by atoms with E-state index in [1.807, 2.05) is 24.5 Å². The second-order valence-corrected chi connectivity index (χ2v) is 6.99. The third kappa shape index (κ3) is 3.19. The average Bonchev–Trinajstić information content (AvgIpc) is 3.21. The van der Waals surface area contributed by atoms with Gasteiger partial charge in [0.1, 0.15) is 11.6 Å². The minimum absolute atomic E-state index is 0.356. The molecule has 4 rings (SSSR count). The molecule has 1 saturated heterocycles. The summed E-state index contributed by atoms with van der Waals surface area (Å²) in [7, 11) is 3.21. The number of piperidine rings is 1. The third-order valence-electron chi connectivity index (χ3n) is 5.38. The molecule has 0 spiro atoms. The molecule has 0 radical (unpaired) electrons. The predicted octanol–water partition coefficient (Wildman–Crippen LogP) is 2.83. The number of nitrogens with two attached hydrogens (primary N) is 1. The number of hydrogen-bond donors (Lipinski definition) is 1.